The standard InChI is InChI=1S/C22H18O2/c1-23-21-11-5-9-17-15-7-3-4-8-16(15)18-10-6-12-22(24-2)20(18)14-13-19(17)21/h3-14H,1-2H3/b14-13?,17-15-,18-16-,19-13+,20-14+. The zero-order chi connectivity index (χ0) is 16.5. The van der Waals surface area contributed by atoms with Gasteiger partial charge in [0.05, 0.1) is 14.2 Å². The second-order valence-electron chi connectivity index (χ2n) is 5.72. The topological polar surface area (TPSA) is 18.5 Å². The zero-order valence-corrected chi connectivity index (χ0v) is 13.7. The highest BCUT2D eigenvalue weighted by Gasteiger charge is 2.02. The van der Waals surface area contributed by atoms with Gasteiger partial charge in [-0.15, -0.1) is 0 Å². The third-order valence-electron chi connectivity index (χ3n) is 4.50. The van der Waals surface area contributed by atoms with Gasteiger partial charge in [0, 0.05) is 10.4 Å². The molecule has 118 valence electrons. The fraction of sp³-hybridized carbons (Fsp3) is 0.0909. The Morgan fingerprint density at radius 2 is 0.917 bits per heavy atom. The van der Waals surface area contributed by atoms with Crippen LogP contribution in [0.25, 0.3) is 12.2 Å². The molecule has 2 nitrogen and oxygen atoms in total. The number of fused-ring (bicyclic) bond motifs is 3. The molecule has 0 fully saturated rings. The molecule has 1 aliphatic carbocycles. The molecule has 0 saturated carbocycles. The van der Waals surface area contributed by atoms with Crippen LogP contribution in [-0.4, -0.2) is 14.2 Å². The Morgan fingerprint density at radius 1 is 0.500 bits per heavy atom. The van der Waals surface area contributed by atoms with Gasteiger partial charge >= 0.3 is 0 Å². The van der Waals surface area contributed by atoms with Crippen LogP contribution in [-0.2, 0) is 0 Å². The summed E-state index contributed by atoms with van der Waals surface area (Å²) in [6.45, 7) is 0. The van der Waals surface area contributed by atoms with Crippen LogP contribution in [0.4, 0.5) is 0 Å². The predicted molar refractivity (Wildman–Crippen MR) is 96.0 cm³/mol. The first-order chi connectivity index (χ1) is 11.8. The number of methoxy groups -OCH3 is 2. The van der Waals surface area contributed by atoms with Crippen LogP contribution in [0.1, 0.15) is 0 Å². The van der Waals surface area contributed by atoms with Crippen molar-refractivity contribution in [1.82, 2.24) is 0 Å². The quantitative estimate of drug-likeness (QED) is 0.724. The number of ether oxygens (including phenoxy) is 2. The van der Waals surface area contributed by atoms with Crippen LogP contribution in [0.2, 0.25) is 0 Å². The zero-order valence-electron chi connectivity index (χ0n) is 13.7. The summed E-state index contributed by atoms with van der Waals surface area (Å²) in [6, 6.07) is 20.8. The maximum atomic E-state index is 5.59. The molecular weight excluding hydrogens is 296 g/mol. The molecule has 0 spiro atoms. The van der Waals surface area contributed by atoms with Gasteiger partial charge in [0.1, 0.15) is 11.5 Å². The second kappa shape index (κ2) is 5.89. The van der Waals surface area contributed by atoms with Crippen molar-refractivity contribution in [2.45, 2.75) is 0 Å². The molecule has 0 radical (unpaired) electrons. The van der Waals surface area contributed by atoms with E-state index in [0.29, 0.717) is 0 Å². The van der Waals surface area contributed by atoms with Crippen molar-refractivity contribution < 1.29 is 9.47 Å². The molecular formula is C22H18O2. The summed E-state index contributed by atoms with van der Waals surface area (Å²) < 4.78 is 11.2. The van der Waals surface area contributed by atoms with Crippen molar-refractivity contribution in [2.75, 3.05) is 14.2 Å². The van der Waals surface area contributed by atoms with E-state index in [1.165, 1.54) is 20.9 Å². The lowest BCUT2D eigenvalue weighted by Gasteiger charge is -2.06. The van der Waals surface area contributed by atoms with Gasteiger partial charge in [-0.3, -0.25) is 0 Å². The minimum Gasteiger partial charge on any atom is -0.496 e. The van der Waals surface area contributed by atoms with Gasteiger partial charge in [0.15, 0.2) is 0 Å². The Kier molecular flexibility index (Phi) is 3.58. The average Bonchev–Trinajstić information content (AvgIpc) is 2.64. The van der Waals surface area contributed by atoms with Crippen LogP contribution in [0.3, 0.4) is 0 Å². The van der Waals surface area contributed by atoms with Crippen LogP contribution in [0.5, 0.6) is 11.5 Å². The third kappa shape index (κ3) is 2.19. The number of benzene rings is 3. The highest BCUT2D eigenvalue weighted by Crippen LogP contribution is 2.09. The first-order valence-electron chi connectivity index (χ1n) is 7.95. The minimum atomic E-state index is 0.872. The molecule has 0 unspecified atom stereocenters. The minimum absolute atomic E-state index is 0.872. The van der Waals surface area contributed by atoms with E-state index in [0.717, 1.165) is 21.9 Å². The average molecular weight is 314 g/mol. The largest absolute Gasteiger partial charge is 0.496 e. The van der Waals surface area contributed by atoms with Gasteiger partial charge < -0.3 is 9.47 Å². The molecule has 3 aromatic carbocycles. The highest BCUT2D eigenvalue weighted by molar-refractivity contribution is 5.64. The monoisotopic (exact) mass is 314 g/mol. The maximum absolute atomic E-state index is 5.59. The summed E-state index contributed by atoms with van der Waals surface area (Å²) in [5.41, 5.74) is 0. The van der Waals surface area contributed by atoms with Crippen LogP contribution in [0, 0.1) is 20.9 Å². The Morgan fingerprint density at radius 3 is 1.33 bits per heavy atom. The van der Waals surface area contributed by atoms with E-state index in [1.807, 2.05) is 24.3 Å². The maximum Gasteiger partial charge on any atom is 0.126 e. The number of hydrogen-bond donors (Lipinski definition) is 0. The highest BCUT2D eigenvalue weighted by atomic mass is 16.5. The summed E-state index contributed by atoms with van der Waals surface area (Å²) in [6.07, 6.45) is 4.23. The molecule has 0 amide bonds. The van der Waals surface area contributed by atoms with Gasteiger partial charge in [-0.25, -0.2) is 0 Å². The molecule has 24 heavy (non-hydrogen) atoms. The Balaban J connectivity index is 2.47. The van der Waals surface area contributed by atoms with Gasteiger partial charge in [-0.05, 0) is 45.2 Å². The van der Waals surface area contributed by atoms with Crippen LogP contribution < -0.4 is 19.9 Å². The van der Waals surface area contributed by atoms with Crippen molar-refractivity contribution in [1.29, 1.82) is 0 Å². The van der Waals surface area contributed by atoms with Crippen molar-refractivity contribution in [3.05, 3.63) is 92.0 Å². The molecule has 0 atom stereocenters. The first kappa shape index (κ1) is 14.6. The molecule has 0 heterocycles. The summed E-state index contributed by atoms with van der Waals surface area (Å²) in [7, 11) is 3.42. The predicted octanol–water partition coefficient (Wildman–Crippen LogP) is 2.85. The van der Waals surface area contributed by atoms with Gasteiger partial charge in [0.25, 0.3) is 0 Å². The SMILES string of the molecule is COc1cccc2/c1=C\C=c1\c(OC)ccc\c1=c1/cccc/c1=2. The molecule has 0 saturated heterocycles. The Bertz CT molecular complexity index is 1130. The summed E-state index contributed by atoms with van der Waals surface area (Å²) >= 11 is 0. The number of rotatable bonds is 2. The third-order valence-corrected chi connectivity index (χ3v) is 4.50. The van der Waals surface area contributed by atoms with Gasteiger partial charge in [0.2, 0.25) is 0 Å². The van der Waals surface area contributed by atoms with Crippen LogP contribution in [0.15, 0.2) is 60.7 Å². The van der Waals surface area contributed by atoms with E-state index in [-0.39, 0.29) is 0 Å². The van der Waals surface area contributed by atoms with Crippen molar-refractivity contribution in [3.8, 4) is 11.5 Å². The fourth-order valence-corrected chi connectivity index (χ4v) is 3.38. The van der Waals surface area contributed by atoms with Crippen LogP contribution >= 0.6 is 0 Å². The molecule has 4 rings (SSSR count). The normalized spacial score (nSPS) is 17.4. The van der Waals surface area contributed by atoms with E-state index in [2.05, 4.69) is 48.6 Å². The molecule has 2 heteroatoms. The van der Waals surface area contributed by atoms with Crippen molar-refractivity contribution in [3.63, 3.8) is 0 Å². The molecule has 1 aliphatic rings. The van der Waals surface area contributed by atoms with Gasteiger partial charge in [-0.1, -0.05) is 48.5 Å². The molecule has 3 aromatic rings. The summed E-state index contributed by atoms with van der Waals surface area (Å²) in [5, 5.41) is 6.92. The summed E-state index contributed by atoms with van der Waals surface area (Å²) in [5.74, 6) is 1.74. The van der Waals surface area contributed by atoms with E-state index < -0.39 is 0 Å². The summed E-state index contributed by atoms with van der Waals surface area (Å²) in [4.78, 5) is 0. The molecule has 0 bridgehead atoms. The van der Waals surface area contributed by atoms with E-state index in [1.54, 1.807) is 14.2 Å². The Hall–Kier alpha value is -3.00. The molecule has 0 N–H and O–H groups in total. The first-order valence-corrected chi connectivity index (χ1v) is 7.95. The number of hydrogen-bond acceptors (Lipinski definition) is 2. The Labute approximate surface area is 139 Å². The van der Waals surface area contributed by atoms with Crippen molar-refractivity contribution >= 4 is 12.2 Å². The smallest absolute Gasteiger partial charge is 0.126 e. The van der Waals surface area contributed by atoms with E-state index in [9.17, 15) is 0 Å². The van der Waals surface area contributed by atoms with E-state index in [4.69, 9.17) is 9.47 Å². The van der Waals surface area contributed by atoms with Crippen molar-refractivity contribution in [2.24, 2.45) is 0 Å². The fourth-order valence-electron chi connectivity index (χ4n) is 3.38. The lowest BCUT2D eigenvalue weighted by molar-refractivity contribution is 0.410. The lowest BCUT2D eigenvalue weighted by Crippen LogP contribution is -2.13. The second-order valence-corrected chi connectivity index (χ2v) is 5.72. The van der Waals surface area contributed by atoms with Gasteiger partial charge in [-0.2, -0.15) is 0 Å². The lowest BCUT2D eigenvalue weighted by atomic mass is 10.0. The molecule has 0 aromatic heterocycles. The molecule has 0 aliphatic heterocycles. The van der Waals surface area contributed by atoms with E-state index >= 15 is 0 Å².